The van der Waals surface area contributed by atoms with E-state index in [4.69, 9.17) is 4.52 Å². The second-order valence-electron chi connectivity index (χ2n) is 4.76. The smallest absolute Gasteiger partial charge is 0.205 e. The standard InChI is InChI=1S/C12H18N4OS/c1-7(2)5-11-14-15-12(18-11)13-6-10-8(3)16-17-9(10)4/h7H,5-6H2,1-4H3,(H,13,15). The maximum absolute atomic E-state index is 5.12. The van der Waals surface area contributed by atoms with E-state index >= 15 is 0 Å². The summed E-state index contributed by atoms with van der Waals surface area (Å²) in [6.45, 7) is 8.90. The number of rotatable bonds is 5. The van der Waals surface area contributed by atoms with Gasteiger partial charge in [0.2, 0.25) is 5.13 Å². The molecule has 18 heavy (non-hydrogen) atoms. The lowest BCUT2D eigenvalue weighted by Crippen LogP contribution is -2.00. The molecule has 2 rings (SSSR count). The Balaban J connectivity index is 1.96. The van der Waals surface area contributed by atoms with E-state index in [1.54, 1.807) is 11.3 Å². The van der Waals surface area contributed by atoms with Gasteiger partial charge in [0.1, 0.15) is 10.8 Å². The highest BCUT2D eigenvalue weighted by Gasteiger charge is 2.10. The lowest BCUT2D eigenvalue weighted by Gasteiger charge is -2.00. The third kappa shape index (κ3) is 3.07. The molecule has 0 bridgehead atoms. The van der Waals surface area contributed by atoms with Gasteiger partial charge in [0, 0.05) is 18.5 Å². The first-order chi connectivity index (χ1) is 8.56. The summed E-state index contributed by atoms with van der Waals surface area (Å²) in [7, 11) is 0. The molecule has 0 aromatic carbocycles. The maximum atomic E-state index is 5.12. The summed E-state index contributed by atoms with van der Waals surface area (Å²) in [6.07, 6.45) is 0.977. The molecule has 2 aromatic heterocycles. The van der Waals surface area contributed by atoms with E-state index in [2.05, 4.69) is 34.5 Å². The van der Waals surface area contributed by atoms with Crippen LogP contribution in [-0.2, 0) is 13.0 Å². The van der Waals surface area contributed by atoms with Gasteiger partial charge in [-0.05, 0) is 19.8 Å². The molecule has 0 saturated carbocycles. The number of aryl methyl sites for hydroxylation is 2. The molecule has 1 N–H and O–H groups in total. The van der Waals surface area contributed by atoms with Gasteiger partial charge in [-0.3, -0.25) is 0 Å². The fraction of sp³-hybridized carbons (Fsp3) is 0.583. The molecule has 0 radical (unpaired) electrons. The van der Waals surface area contributed by atoms with Gasteiger partial charge in [-0.2, -0.15) is 0 Å². The summed E-state index contributed by atoms with van der Waals surface area (Å²) < 4.78 is 5.12. The van der Waals surface area contributed by atoms with Crippen LogP contribution in [0.2, 0.25) is 0 Å². The van der Waals surface area contributed by atoms with E-state index in [1.807, 2.05) is 13.8 Å². The molecule has 98 valence electrons. The predicted octanol–water partition coefficient (Wildman–Crippen LogP) is 2.95. The Labute approximate surface area is 111 Å². The molecule has 0 aliphatic carbocycles. The van der Waals surface area contributed by atoms with Crippen molar-refractivity contribution in [2.75, 3.05) is 5.32 Å². The van der Waals surface area contributed by atoms with Gasteiger partial charge in [-0.25, -0.2) is 0 Å². The number of anilines is 1. The van der Waals surface area contributed by atoms with E-state index in [1.165, 1.54) is 0 Å². The van der Waals surface area contributed by atoms with Crippen molar-refractivity contribution >= 4 is 16.5 Å². The molecule has 2 heterocycles. The summed E-state index contributed by atoms with van der Waals surface area (Å²) in [4.78, 5) is 0. The molecular formula is C12H18N4OS. The van der Waals surface area contributed by atoms with E-state index in [0.29, 0.717) is 12.5 Å². The van der Waals surface area contributed by atoms with Gasteiger partial charge in [0.25, 0.3) is 0 Å². The van der Waals surface area contributed by atoms with Crippen LogP contribution in [0.1, 0.15) is 35.9 Å². The molecule has 0 spiro atoms. The first-order valence-corrected chi connectivity index (χ1v) is 6.86. The predicted molar refractivity (Wildman–Crippen MR) is 71.8 cm³/mol. The third-order valence-electron chi connectivity index (χ3n) is 2.65. The Morgan fingerprint density at radius 1 is 1.28 bits per heavy atom. The van der Waals surface area contributed by atoms with E-state index < -0.39 is 0 Å². The molecule has 2 aromatic rings. The second-order valence-corrected chi connectivity index (χ2v) is 5.82. The van der Waals surface area contributed by atoms with Crippen LogP contribution in [0.5, 0.6) is 0 Å². The lowest BCUT2D eigenvalue weighted by molar-refractivity contribution is 0.392. The largest absolute Gasteiger partial charge is 0.361 e. The van der Waals surface area contributed by atoms with Crippen LogP contribution >= 0.6 is 11.3 Å². The molecule has 0 aliphatic rings. The number of hydrogen-bond donors (Lipinski definition) is 1. The Bertz CT molecular complexity index is 498. The minimum atomic E-state index is 0.605. The Hall–Kier alpha value is -1.43. The van der Waals surface area contributed by atoms with Crippen molar-refractivity contribution in [1.82, 2.24) is 15.4 Å². The van der Waals surface area contributed by atoms with Gasteiger partial charge in [-0.15, -0.1) is 10.2 Å². The van der Waals surface area contributed by atoms with Gasteiger partial charge in [-0.1, -0.05) is 30.3 Å². The summed E-state index contributed by atoms with van der Waals surface area (Å²) in [5, 5.41) is 17.4. The zero-order valence-electron chi connectivity index (χ0n) is 11.1. The van der Waals surface area contributed by atoms with Gasteiger partial charge in [0.05, 0.1) is 5.69 Å². The van der Waals surface area contributed by atoms with Crippen molar-refractivity contribution in [1.29, 1.82) is 0 Å². The highest BCUT2D eigenvalue weighted by molar-refractivity contribution is 7.15. The molecule has 0 atom stereocenters. The zero-order chi connectivity index (χ0) is 13.1. The fourth-order valence-electron chi connectivity index (χ4n) is 1.68. The summed E-state index contributed by atoms with van der Waals surface area (Å²) in [5.41, 5.74) is 2.02. The van der Waals surface area contributed by atoms with Crippen LogP contribution < -0.4 is 5.32 Å². The third-order valence-corrected chi connectivity index (χ3v) is 3.55. The molecule has 0 unspecified atom stereocenters. The molecule has 0 amide bonds. The van der Waals surface area contributed by atoms with E-state index in [-0.39, 0.29) is 0 Å². The Morgan fingerprint density at radius 3 is 2.67 bits per heavy atom. The first-order valence-electron chi connectivity index (χ1n) is 6.04. The first kappa shape index (κ1) is 13.0. The van der Waals surface area contributed by atoms with Crippen molar-refractivity contribution in [3.05, 3.63) is 22.0 Å². The zero-order valence-corrected chi connectivity index (χ0v) is 12.0. The topological polar surface area (TPSA) is 63.8 Å². The lowest BCUT2D eigenvalue weighted by atomic mass is 10.1. The number of aromatic nitrogens is 3. The minimum absolute atomic E-state index is 0.605. The van der Waals surface area contributed by atoms with Gasteiger partial charge >= 0.3 is 0 Å². The monoisotopic (exact) mass is 266 g/mol. The molecule has 0 fully saturated rings. The highest BCUT2D eigenvalue weighted by atomic mass is 32.1. The summed E-state index contributed by atoms with van der Waals surface area (Å²) in [6, 6.07) is 0. The number of hydrogen-bond acceptors (Lipinski definition) is 6. The van der Waals surface area contributed by atoms with Crippen molar-refractivity contribution in [3.63, 3.8) is 0 Å². The van der Waals surface area contributed by atoms with Crippen LogP contribution in [0, 0.1) is 19.8 Å². The van der Waals surface area contributed by atoms with Crippen molar-refractivity contribution in [3.8, 4) is 0 Å². The van der Waals surface area contributed by atoms with Crippen molar-refractivity contribution < 1.29 is 4.52 Å². The summed E-state index contributed by atoms with van der Waals surface area (Å²) in [5.74, 6) is 1.46. The van der Waals surface area contributed by atoms with Gasteiger partial charge in [0.15, 0.2) is 0 Å². The van der Waals surface area contributed by atoms with Crippen LogP contribution in [0.25, 0.3) is 0 Å². The van der Waals surface area contributed by atoms with Crippen LogP contribution in [0.3, 0.4) is 0 Å². The normalized spacial score (nSPS) is 11.2. The SMILES string of the molecule is Cc1noc(C)c1CNc1nnc(CC(C)C)s1. The average Bonchev–Trinajstić information content (AvgIpc) is 2.84. The molecule has 0 saturated heterocycles. The van der Waals surface area contributed by atoms with Crippen molar-refractivity contribution in [2.45, 2.75) is 40.7 Å². The maximum Gasteiger partial charge on any atom is 0.205 e. The minimum Gasteiger partial charge on any atom is -0.361 e. The summed E-state index contributed by atoms with van der Waals surface area (Å²) >= 11 is 1.61. The highest BCUT2D eigenvalue weighted by Crippen LogP contribution is 2.20. The van der Waals surface area contributed by atoms with Crippen LogP contribution in [-0.4, -0.2) is 15.4 Å². The Kier molecular flexibility index (Phi) is 3.96. The molecule has 0 aliphatic heterocycles. The average molecular weight is 266 g/mol. The Morgan fingerprint density at radius 2 is 2.06 bits per heavy atom. The van der Waals surface area contributed by atoms with Crippen molar-refractivity contribution in [2.24, 2.45) is 5.92 Å². The number of nitrogens with zero attached hydrogens (tertiary/aromatic N) is 3. The van der Waals surface area contributed by atoms with Crippen LogP contribution in [0.4, 0.5) is 5.13 Å². The van der Waals surface area contributed by atoms with Gasteiger partial charge < -0.3 is 9.84 Å². The van der Waals surface area contributed by atoms with E-state index in [0.717, 1.165) is 33.6 Å². The number of nitrogens with one attached hydrogen (secondary N) is 1. The molecule has 5 nitrogen and oxygen atoms in total. The molecule has 6 heteroatoms. The fourth-order valence-corrected chi connectivity index (χ4v) is 2.62. The van der Waals surface area contributed by atoms with Crippen LogP contribution in [0.15, 0.2) is 4.52 Å². The quantitative estimate of drug-likeness (QED) is 0.901. The molecular weight excluding hydrogens is 248 g/mol. The second kappa shape index (κ2) is 5.48. The van der Waals surface area contributed by atoms with E-state index in [9.17, 15) is 0 Å².